The molecular formula is C47H48N2O. The van der Waals surface area contributed by atoms with Crippen LogP contribution in [0.5, 0.6) is 0 Å². The van der Waals surface area contributed by atoms with Gasteiger partial charge in [-0.25, -0.2) is 0 Å². The smallest absolute Gasteiger partial charge is 0.135 e. The van der Waals surface area contributed by atoms with Crippen LogP contribution in [0.2, 0.25) is 0 Å². The number of nitrogens with zero attached hydrogens (tertiary/aromatic N) is 2. The molecule has 0 saturated carbocycles. The van der Waals surface area contributed by atoms with Crippen molar-refractivity contribution in [3.8, 4) is 11.3 Å². The summed E-state index contributed by atoms with van der Waals surface area (Å²) in [6, 6.07) is 37.7. The molecule has 2 unspecified atom stereocenters. The van der Waals surface area contributed by atoms with Crippen LogP contribution >= 0.6 is 0 Å². The van der Waals surface area contributed by atoms with E-state index in [0.717, 1.165) is 33.7 Å². The quantitative estimate of drug-likeness (QED) is 0.170. The maximum atomic E-state index is 6.50. The van der Waals surface area contributed by atoms with Gasteiger partial charge in [0.15, 0.2) is 0 Å². The highest BCUT2D eigenvalue weighted by Gasteiger charge is 2.25. The molecule has 0 saturated heterocycles. The van der Waals surface area contributed by atoms with Crippen molar-refractivity contribution in [1.82, 2.24) is 0 Å². The van der Waals surface area contributed by atoms with Crippen molar-refractivity contribution < 1.29 is 4.42 Å². The van der Waals surface area contributed by atoms with Crippen molar-refractivity contribution in [1.29, 1.82) is 0 Å². The molecule has 0 fully saturated rings. The predicted molar refractivity (Wildman–Crippen MR) is 214 cm³/mol. The molecule has 0 amide bonds. The Hall–Kier alpha value is -5.28. The first kappa shape index (κ1) is 33.2. The van der Waals surface area contributed by atoms with Crippen LogP contribution in [0.3, 0.4) is 0 Å². The lowest BCUT2D eigenvalue weighted by molar-refractivity contribution is 0.516. The SMILES string of the molecule is CC1=C(N(c2ccc(-c3cc4cc(N(c5ccc(C)cc5C)c5ccc(C)cc5C)ccc4o3)cc2)c2ccc(C)cc2C)C=CC(C)C1C. The third-order valence-electron chi connectivity index (χ3n) is 10.6. The second-order valence-corrected chi connectivity index (χ2v) is 14.5. The van der Waals surface area contributed by atoms with Crippen LogP contribution in [0.15, 0.2) is 131 Å². The molecule has 1 heterocycles. The zero-order valence-electron chi connectivity index (χ0n) is 30.9. The molecule has 50 heavy (non-hydrogen) atoms. The Balaban J connectivity index is 1.27. The number of hydrogen-bond donors (Lipinski definition) is 0. The van der Waals surface area contributed by atoms with Gasteiger partial charge in [-0.3, -0.25) is 0 Å². The van der Waals surface area contributed by atoms with Crippen LogP contribution in [-0.4, -0.2) is 0 Å². The van der Waals surface area contributed by atoms with Crippen molar-refractivity contribution >= 4 is 39.4 Å². The highest BCUT2D eigenvalue weighted by molar-refractivity contribution is 5.90. The van der Waals surface area contributed by atoms with Crippen LogP contribution in [0.25, 0.3) is 22.3 Å². The van der Waals surface area contributed by atoms with E-state index in [1.54, 1.807) is 0 Å². The third-order valence-corrected chi connectivity index (χ3v) is 10.6. The van der Waals surface area contributed by atoms with Crippen molar-refractivity contribution in [2.24, 2.45) is 11.8 Å². The molecule has 0 radical (unpaired) electrons. The summed E-state index contributed by atoms with van der Waals surface area (Å²) in [5.74, 6) is 1.86. The largest absolute Gasteiger partial charge is 0.456 e. The summed E-state index contributed by atoms with van der Waals surface area (Å²) >= 11 is 0. The molecule has 3 nitrogen and oxygen atoms in total. The minimum Gasteiger partial charge on any atom is -0.456 e. The van der Waals surface area contributed by atoms with Crippen molar-refractivity contribution in [2.45, 2.75) is 62.3 Å². The van der Waals surface area contributed by atoms with E-state index in [0.29, 0.717) is 11.8 Å². The molecule has 0 bridgehead atoms. The Bertz CT molecular complexity index is 2230. The Morgan fingerprint density at radius 2 is 1.04 bits per heavy atom. The van der Waals surface area contributed by atoms with Crippen LogP contribution in [0, 0.1) is 53.4 Å². The van der Waals surface area contributed by atoms with Gasteiger partial charge in [0.25, 0.3) is 0 Å². The van der Waals surface area contributed by atoms with Crippen LogP contribution in [0.1, 0.15) is 54.2 Å². The minimum atomic E-state index is 0.476. The number of anilines is 5. The van der Waals surface area contributed by atoms with E-state index in [1.165, 1.54) is 61.7 Å². The van der Waals surface area contributed by atoms with Gasteiger partial charge in [-0.1, -0.05) is 73.0 Å². The average Bonchev–Trinajstić information content (AvgIpc) is 3.51. The fourth-order valence-electron chi connectivity index (χ4n) is 7.49. The fraction of sp³-hybridized carbons (Fsp3) is 0.234. The van der Waals surface area contributed by atoms with Crippen LogP contribution < -0.4 is 9.80 Å². The van der Waals surface area contributed by atoms with E-state index >= 15 is 0 Å². The van der Waals surface area contributed by atoms with Crippen molar-refractivity contribution in [3.05, 3.63) is 160 Å². The third kappa shape index (κ3) is 6.18. The molecule has 1 aliphatic rings. The maximum absolute atomic E-state index is 6.50. The molecule has 0 aliphatic heterocycles. The Morgan fingerprint density at radius 1 is 0.520 bits per heavy atom. The van der Waals surface area contributed by atoms with Crippen molar-refractivity contribution in [3.63, 3.8) is 0 Å². The first-order valence-electron chi connectivity index (χ1n) is 17.8. The van der Waals surface area contributed by atoms with Crippen LogP contribution in [0.4, 0.5) is 28.4 Å². The maximum Gasteiger partial charge on any atom is 0.135 e. The zero-order chi connectivity index (χ0) is 35.3. The van der Waals surface area contributed by atoms with Gasteiger partial charge in [-0.15, -0.1) is 0 Å². The molecule has 1 aromatic heterocycles. The summed E-state index contributed by atoms with van der Waals surface area (Å²) in [6.07, 6.45) is 4.66. The molecule has 1 aliphatic carbocycles. The lowest BCUT2D eigenvalue weighted by Crippen LogP contribution is -2.23. The summed E-state index contributed by atoms with van der Waals surface area (Å²) in [7, 11) is 0. The molecule has 7 rings (SSSR count). The topological polar surface area (TPSA) is 19.6 Å². The normalized spacial score (nSPS) is 15.9. The van der Waals surface area contributed by atoms with Gasteiger partial charge in [0.2, 0.25) is 0 Å². The first-order chi connectivity index (χ1) is 24.0. The average molecular weight is 657 g/mol. The lowest BCUT2D eigenvalue weighted by atomic mass is 9.83. The standard InChI is InChI=1S/C47H48N2O/c1-29-10-19-42(33(5)24-29)48(45-22-13-32(4)36(8)37(45)9)40-16-14-38(15-17-40)47-28-39-27-41(18-23-46(39)50-47)49(43-20-11-30(2)25-34(43)6)44-21-12-31(3)26-35(44)7/h10-28,32,36H,1-9H3. The van der Waals surface area contributed by atoms with Crippen LogP contribution in [-0.2, 0) is 0 Å². The van der Waals surface area contributed by atoms with Gasteiger partial charge in [0.1, 0.15) is 11.3 Å². The van der Waals surface area contributed by atoms with E-state index in [2.05, 4.69) is 187 Å². The lowest BCUT2D eigenvalue weighted by Gasteiger charge is -2.34. The van der Waals surface area contributed by atoms with Gasteiger partial charge in [0, 0.05) is 45.1 Å². The number of hydrogen-bond acceptors (Lipinski definition) is 3. The molecule has 2 atom stereocenters. The second-order valence-electron chi connectivity index (χ2n) is 14.5. The van der Waals surface area contributed by atoms with E-state index in [4.69, 9.17) is 4.42 Å². The molecule has 6 aromatic rings. The summed E-state index contributed by atoms with van der Waals surface area (Å²) in [5, 5.41) is 1.08. The number of benzene rings is 5. The number of allylic oxidation sites excluding steroid dienone is 3. The molecule has 0 spiro atoms. The number of aryl methyl sites for hydroxylation is 6. The number of fused-ring (bicyclic) bond motifs is 1. The van der Waals surface area contributed by atoms with Gasteiger partial charge >= 0.3 is 0 Å². The van der Waals surface area contributed by atoms with E-state index < -0.39 is 0 Å². The van der Waals surface area contributed by atoms with Gasteiger partial charge < -0.3 is 14.2 Å². The minimum absolute atomic E-state index is 0.476. The molecule has 0 N–H and O–H groups in total. The molecule has 252 valence electrons. The monoisotopic (exact) mass is 656 g/mol. The Labute approximate surface area is 298 Å². The summed E-state index contributed by atoms with van der Waals surface area (Å²) in [4.78, 5) is 4.80. The zero-order valence-corrected chi connectivity index (χ0v) is 30.9. The Morgan fingerprint density at radius 3 is 1.58 bits per heavy atom. The van der Waals surface area contributed by atoms with E-state index in [9.17, 15) is 0 Å². The fourth-order valence-corrected chi connectivity index (χ4v) is 7.49. The molecule has 3 heteroatoms. The second kappa shape index (κ2) is 13.2. The Kier molecular flexibility index (Phi) is 8.78. The van der Waals surface area contributed by atoms with E-state index in [-0.39, 0.29) is 0 Å². The number of furan rings is 1. The van der Waals surface area contributed by atoms with Gasteiger partial charge in [-0.2, -0.15) is 0 Å². The van der Waals surface area contributed by atoms with Gasteiger partial charge in [0.05, 0.1) is 0 Å². The predicted octanol–water partition coefficient (Wildman–Crippen LogP) is 13.7. The summed E-state index contributed by atoms with van der Waals surface area (Å²) in [5.41, 5.74) is 17.9. The number of rotatable bonds is 7. The highest BCUT2D eigenvalue weighted by Crippen LogP contribution is 2.43. The first-order valence-corrected chi connectivity index (χ1v) is 17.8. The van der Waals surface area contributed by atoms with Crippen molar-refractivity contribution in [2.75, 3.05) is 9.80 Å². The highest BCUT2D eigenvalue weighted by atomic mass is 16.3. The summed E-state index contributed by atoms with van der Waals surface area (Å²) in [6.45, 7) is 20.0. The van der Waals surface area contributed by atoms with E-state index in [1.807, 2.05) is 0 Å². The van der Waals surface area contributed by atoms with Gasteiger partial charge in [-0.05, 0) is 155 Å². The molecular weight excluding hydrogens is 609 g/mol. The summed E-state index contributed by atoms with van der Waals surface area (Å²) < 4.78 is 6.50. The molecule has 5 aromatic carbocycles.